The fraction of sp³-hybridized carbons (Fsp3) is 1.00. The molecule has 1 aliphatic heterocycles. The quantitative estimate of drug-likeness (QED) is 0.500. The molecular formula is C14H29NO4. The van der Waals surface area contributed by atoms with Crippen LogP contribution in [0.1, 0.15) is 19.3 Å². The maximum absolute atomic E-state index is 5.51. The first-order valence-electron chi connectivity index (χ1n) is 7.38. The molecule has 5 heteroatoms. The lowest BCUT2D eigenvalue weighted by molar-refractivity contribution is 0.0230. The van der Waals surface area contributed by atoms with Crippen LogP contribution in [-0.2, 0) is 18.9 Å². The molecule has 0 saturated carbocycles. The number of nitrogens with zero attached hydrogens (tertiary/aromatic N) is 1. The Morgan fingerprint density at radius 3 is 2.26 bits per heavy atom. The molecule has 1 aliphatic rings. The van der Waals surface area contributed by atoms with Gasteiger partial charge < -0.3 is 18.9 Å². The van der Waals surface area contributed by atoms with Crippen molar-refractivity contribution < 1.29 is 18.9 Å². The summed E-state index contributed by atoms with van der Waals surface area (Å²) >= 11 is 0. The second-order valence-electron chi connectivity index (χ2n) is 4.73. The minimum absolute atomic E-state index is 0.652. The lowest BCUT2D eigenvalue weighted by atomic mass is 10.2. The van der Waals surface area contributed by atoms with E-state index in [1.165, 1.54) is 19.4 Å². The predicted molar refractivity (Wildman–Crippen MR) is 74.6 cm³/mol. The van der Waals surface area contributed by atoms with Crippen molar-refractivity contribution in [2.45, 2.75) is 19.3 Å². The van der Waals surface area contributed by atoms with Crippen molar-refractivity contribution in [2.75, 3.05) is 73.0 Å². The summed E-state index contributed by atoms with van der Waals surface area (Å²) in [7, 11) is 1.68. The first-order chi connectivity index (χ1) is 9.43. The van der Waals surface area contributed by atoms with E-state index in [-0.39, 0.29) is 0 Å². The normalized spacial score (nSPS) is 16.9. The molecular weight excluding hydrogens is 246 g/mol. The zero-order chi connectivity index (χ0) is 13.6. The van der Waals surface area contributed by atoms with Gasteiger partial charge in [0.15, 0.2) is 0 Å². The topological polar surface area (TPSA) is 40.2 Å². The molecule has 0 aromatic heterocycles. The third-order valence-electron chi connectivity index (χ3n) is 3.17. The van der Waals surface area contributed by atoms with Crippen LogP contribution in [-0.4, -0.2) is 77.9 Å². The first kappa shape index (κ1) is 16.9. The maximum Gasteiger partial charge on any atom is 0.0701 e. The highest BCUT2D eigenvalue weighted by atomic mass is 16.5. The SMILES string of the molecule is COCCOCCOCCCCCN1CCOCC1. The van der Waals surface area contributed by atoms with E-state index >= 15 is 0 Å². The summed E-state index contributed by atoms with van der Waals surface area (Å²) in [6.07, 6.45) is 3.64. The van der Waals surface area contributed by atoms with Crippen molar-refractivity contribution in [3.8, 4) is 0 Å². The van der Waals surface area contributed by atoms with Gasteiger partial charge >= 0.3 is 0 Å². The fourth-order valence-electron chi connectivity index (χ4n) is 2.01. The second-order valence-corrected chi connectivity index (χ2v) is 4.73. The third kappa shape index (κ3) is 10.3. The molecule has 0 N–H and O–H groups in total. The van der Waals surface area contributed by atoms with Crippen LogP contribution < -0.4 is 0 Å². The Balaban J connectivity index is 1.71. The molecule has 0 bridgehead atoms. The number of methoxy groups -OCH3 is 1. The summed E-state index contributed by atoms with van der Waals surface area (Å²) in [5.41, 5.74) is 0. The van der Waals surface area contributed by atoms with Gasteiger partial charge in [0.25, 0.3) is 0 Å². The molecule has 0 radical (unpaired) electrons. The summed E-state index contributed by atoms with van der Waals surface area (Å²) < 4.78 is 21.0. The van der Waals surface area contributed by atoms with E-state index in [9.17, 15) is 0 Å². The van der Waals surface area contributed by atoms with Gasteiger partial charge in [-0.1, -0.05) is 0 Å². The Morgan fingerprint density at radius 2 is 1.53 bits per heavy atom. The van der Waals surface area contributed by atoms with Crippen LogP contribution >= 0.6 is 0 Å². The molecule has 1 fully saturated rings. The van der Waals surface area contributed by atoms with Gasteiger partial charge in [-0.3, -0.25) is 4.90 Å². The van der Waals surface area contributed by atoms with E-state index in [0.29, 0.717) is 26.4 Å². The van der Waals surface area contributed by atoms with E-state index in [4.69, 9.17) is 18.9 Å². The van der Waals surface area contributed by atoms with Gasteiger partial charge in [-0.2, -0.15) is 0 Å². The van der Waals surface area contributed by atoms with Crippen LogP contribution in [0.5, 0.6) is 0 Å². The second kappa shape index (κ2) is 12.8. The molecule has 0 aromatic carbocycles. The van der Waals surface area contributed by atoms with Gasteiger partial charge in [0.2, 0.25) is 0 Å². The third-order valence-corrected chi connectivity index (χ3v) is 3.17. The van der Waals surface area contributed by atoms with Crippen molar-refractivity contribution in [3.63, 3.8) is 0 Å². The van der Waals surface area contributed by atoms with Crippen LogP contribution in [0.4, 0.5) is 0 Å². The van der Waals surface area contributed by atoms with E-state index in [0.717, 1.165) is 39.3 Å². The zero-order valence-corrected chi connectivity index (χ0v) is 12.3. The number of hydrogen-bond acceptors (Lipinski definition) is 5. The summed E-state index contributed by atoms with van der Waals surface area (Å²) in [6, 6.07) is 0. The van der Waals surface area contributed by atoms with E-state index in [1.807, 2.05) is 0 Å². The Bertz CT molecular complexity index is 186. The zero-order valence-electron chi connectivity index (χ0n) is 12.3. The fourth-order valence-corrected chi connectivity index (χ4v) is 2.01. The number of ether oxygens (including phenoxy) is 4. The molecule has 0 atom stereocenters. The lowest BCUT2D eigenvalue weighted by Crippen LogP contribution is -2.36. The van der Waals surface area contributed by atoms with Gasteiger partial charge in [0.05, 0.1) is 39.6 Å². The highest BCUT2D eigenvalue weighted by Gasteiger charge is 2.08. The molecule has 114 valence electrons. The Kier molecular flexibility index (Phi) is 11.4. The number of hydrogen-bond donors (Lipinski definition) is 0. The summed E-state index contributed by atoms with van der Waals surface area (Å²) in [6.45, 7) is 8.68. The van der Waals surface area contributed by atoms with Crippen LogP contribution in [0.3, 0.4) is 0 Å². The molecule has 0 spiro atoms. The van der Waals surface area contributed by atoms with Crippen molar-refractivity contribution in [2.24, 2.45) is 0 Å². The molecule has 5 nitrogen and oxygen atoms in total. The minimum atomic E-state index is 0.652. The van der Waals surface area contributed by atoms with Gasteiger partial charge in [-0.15, -0.1) is 0 Å². The molecule has 1 rings (SSSR count). The van der Waals surface area contributed by atoms with Crippen molar-refractivity contribution in [1.82, 2.24) is 4.90 Å². The molecule has 1 saturated heterocycles. The molecule has 0 aliphatic carbocycles. The predicted octanol–water partition coefficient (Wildman–Crippen LogP) is 1.17. The smallest absolute Gasteiger partial charge is 0.0701 e. The molecule has 0 unspecified atom stereocenters. The van der Waals surface area contributed by atoms with Crippen molar-refractivity contribution in [3.05, 3.63) is 0 Å². The Labute approximate surface area is 117 Å². The Hall–Kier alpha value is -0.200. The molecule has 1 heterocycles. The lowest BCUT2D eigenvalue weighted by Gasteiger charge is -2.26. The molecule has 0 aromatic rings. The monoisotopic (exact) mass is 275 g/mol. The maximum atomic E-state index is 5.51. The van der Waals surface area contributed by atoms with E-state index in [1.54, 1.807) is 7.11 Å². The van der Waals surface area contributed by atoms with Gasteiger partial charge in [0, 0.05) is 26.8 Å². The van der Waals surface area contributed by atoms with Crippen LogP contribution in [0.2, 0.25) is 0 Å². The standard InChI is InChI=1S/C14H29NO4/c1-16-11-12-19-14-13-17-8-4-2-3-5-15-6-9-18-10-7-15/h2-14H2,1H3. The Morgan fingerprint density at radius 1 is 0.842 bits per heavy atom. The average molecular weight is 275 g/mol. The number of morpholine rings is 1. The number of unbranched alkanes of at least 4 members (excludes halogenated alkanes) is 2. The van der Waals surface area contributed by atoms with Gasteiger partial charge in [-0.25, -0.2) is 0 Å². The van der Waals surface area contributed by atoms with Crippen molar-refractivity contribution >= 4 is 0 Å². The minimum Gasteiger partial charge on any atom is -0.382 e. The molecule has 0 amide bonds. The number of rotatable bonds is 12. The molecule has 19 heavy (non-hydrogen) atoms. The highest BCUT2D eigenvalue weighted by Crippen LogP contribution is 2.02. The summed E-state index contributed by atoms with van der Waals surface area (Å²) in [5.74, 6) is 0. The van der Waals surface area contributed by atoms with E-state index in [2.05, 4.69) is 4.90 Å². The van der Waals surface area contributed by atoms with Gasteiger partial charge in [0.1, 0.15) is 0 Å². The average Bonchev–Trinajstić information content (AvgIpc) is 2.46. The summed E-state index contributed by atoms with van der Waals surface area (Å²) in [5, 5.41) is 0. The first-order valence-corrected chi connectivity index (χ1v) is 7.38. The van der Waals surface area contributed by atoms with E-state index < -0.39 is 0 Å². The van der Waals surface area contributed by atoms with Crippen LogP contribution in [0.15, 0.2) is 0 Å². The van der Waals surface area contributed by atoms with Gasteiger partial charge in [-0.05, 0) is 25.8 Å². The largest absolute Gasteiger partial charge is 0.382 e. The summed E-state index contributed by atoms with van der Waals surface area (Å²) in [4.78, 5) is 2.48. The highest BCUT2D eigenvalue weighted by molar-refractivity contribution is 4.61. The van der Waals surface area contributed by atoms with Crippen LogP contribution in [0.25, 0.3) is 0 Å². The van der Waals surface area contributed by atoms with Crippen LogP contribution in [0, 0.1) is 0 Å². The van der Waals surface area contributed by atoms with Crippen molar-refractivity contribution in [1.29, 1.82) is 0 Å².